The van der Waals surface area contributed by atoms with Gasteiger partial charge < -0.3 is 0 Å². The Bertz CT molecular complexity index is 214. The Morgan fingerprint density at radius 2 is 1.82 bits per heavy atom. The van der Waals surface area contributed by atoms with Crippen LogP contribution >= 0.6 is 23.2 Å². The number of alkyl halides is 2. The maximum atomic E-state index is 5.87. The predicted octanol–water partition coefficient (Wildman–Crippen LogP) is 3.73. The minimum atomic E-state index is 0.0828. The molecule has 0 aliphatic rings. The highest BCUT2D eigenvalue weighted by Gasteiger charge is 1.99. The first-order valence-electron chi connectivity index (χ1n) is 3.53. The number of benzene rings is 1. The molecule has 0 aliphatic heterocycles. The molecular formula is C9H10Cl2. The van der Waals surface area contributed by atoms with E-state index >= 15 is 0 Å². The van der Waals surface area contributed by atoms with Crippen molar-refractivity contribution in [2.75, 3.05) is 0 Å². The normalized spacial score (nSPS) is 13.0. The molecule has 1 rings (SSSR count). The van der Waals surface area contributed by atoms with E-state index < -0.39 is 0 Å². The molecule has 0 nitrogen and oxygen atoms in total. The molecule has 0 amide bonds. The van der Waals surface area contributed by atoms with E-state index in [4.69, 9.17) is 23.2 Å². The standard InChI is InChI=1S/C9H10Cl2/c1-7(11)9-4-2-8(6-10)3-5-9/h2-5,7H,6H2,1H3. The lowest BCUT2D eigenvalue weighted by Gasteiger charge is -2.02. The molecule has 2 heteroatoms. The van der Waals surface area contributed by atoms with Gasteiger partial charge in [-0.25, -0.2) is 0 Å². The van der Waals surface area contributed by atoms with Crippen LogP contribution in [0.15, 0.2) is 24.3 Å². The van der Waals surface area contributed by atoms with Gasteiger partial charge in [-0.1, -0.05) is 24.3 Å². The minimum absolute atomic E-state index is 0.0828. The molecule has 0 spiro atoms. The van der Waals surface area contributed by atoms with Gasteiger partial charge in [0.15, 0.2) is 0 Å². The van der Waals surface area contributed by atoms with Crippen molar-refractivity contribution in [1.29, 1.82) is 0 Å². The highest BCUT2D eigenvalue weighted by atomic mass is 35.5. The summed E-state index contributed by atoms with van der Waals surface area (Å²) in [4.78, 5) is 0. The Kier molecular flexibility index (Phi) is 3.22. The van der Waals surface area contributed by atoms with Crippen molar-refractivity contribution in [2.45, 2.75) is 18.2 Å². The van der Waals surface area contributed by atoms with Crippen LogP contribution in [0.25, 0.3) is 0 Å². The van der Waals surface area contributed by atoms with E-state index in [2.05, 4.69) is 0 Å². The van der Waals surface area contributed by atoms with E-state index in [-0.39, 0.29) is 5.38 Å². The van der Waals surface area contributed by atoms with Gasteiger partial charge in [-0.3, -0.25) is 0 Å². The third kappa shape index (κ3) is 2.39. The van der Waals surface area contributed by atoms with Gasteiger partial charge >= 0.3 is 0 Å². The molecule has 0 bridgehead atoms. The summed E-state index contributed by atoms with van der Waals surface area (Å²) in [5.41, 5.74) is 2.27. The first kappa shape index (κ1) is 8.89. The predicted molar refractivity (Wildman–Crippen MR) is 50.3 cm³/mol. The van der Waals surface area contributed by atoms with Gasteiger partial charge in [0.2, 0.25) is 0 Å². The molecule has 0 saturated carbocycles. The van der Waals surface area contributed by atoms with Crippen molar-refractivity contribution in [1.82, 2.24) is 0 Å². The smallest absolute Gasteiger partial charge is 0.0557 e. The third-order valence-electron chi connectivity index (χ3n) is 1.59. The van der Waals surface area contributed by atoms with Gasteiger partial charge in [0.05, 0.1) is 5.38 Å². The Morgan fingerprint density at radius 3 is 2.18 bits per heavy atom. The molecule has 0 radical (unpaired) electrons. The van der Waals surface area contributed by atoms with Crippen LogP contribution in [0.5, 0.6) is 0 Å². The fourth-order valence-electron chi connectivity index (χ4n) is 0.872. The highest BCUT2D eigenvalue weighted by molar-refractivity contribution is 6.20. The summed E-state index contributed by atoms with van der Waals surface area (Å²) in [7, 11) is 0. The van der Waals surface area contributed by atoms with Crippen molar-refractivity contribution < 1.29 is 0 Å². The molecule has 60 valence electrons. The summed E-state index contributed by atoms with van der Waals surface area (Å²) >= 11 is 11.5. The lowest BCUT2D eigenvalue weighted by atomic mass is 10.1. The Balaban J connectivity index is 2.83. The molecular weight excluding hydrogens is 179 g/mol. The average molecular weight is 189 g/mol. The van der Waals surface area contributed by atoms with Crippen LogP contribution in [0.3, 0.4) is 0 Å². The highest BCUT2D eigenvalue weighted by Crippen LogP contribution is 2.19. The van der Waals surface area contributed by atoms with Gasteiger partial charge in [0, 0.05) is 5.88 Å². The van der Waals surface area contributed by atoms with E-state index in [1.807, 2.05) is 31.2 Å². The largest absolute Gasteiger partial charge is 0.122 e. The number of rotatable bonds is 2. The molecule has 0 aliphatic carbocycles. The molecule has 0 saturated heterocycles. The fraction of sp³-hybridized carbons (Fsp3) is 0.333. The Morgan fingerprint density at radius 1 is 1.27 bits per heavy atom. The zero-order chi connectivity index (χ0) is 8.27. The number of hydrogen-bond donors (Lipinski definition) is 0. The zero-order valence-electron chi connectivity index (χ0n) is 6.35. The summed E-state index contributed by atoms with van der Waals surface area (Å²) in [6, 6.07) is 8.02. The molecule has 0 heterocycles. The Labute approximate surface area is 77.1 Å². The van der Waals surface area contributed by atoms with Crippen molar-refractivity contribution in [3.05, 3.63) is 35.4 Å². The lowest BCUT2D eigenvalue weighted by Crippen LogP contribution is -1.84. The lowest BCUT2D eigenvalue weighted by molar-refractivity contribution is 1.08. The number of hydrogen-bond acceptors (Lipinski definition) is 0. The van der Waals surface area contributed by atoms with E-state index in [1.165, 1.54) is 0 Å². The maximum absolute atomic E-state index is 5.87. The monoisotopic (exact) mass is 188 g/mol. The van der Waals surface area contributed by atoms with Crippen LogP contribution in [0.2, 0.25) is 0 Å². The van der Waals surface area contributed by atoms with Crippen LogP contribution in [0.4, 0.5) is 0 Å². The van der Waals surface area contributed by atoms with Crippen LogP contribution in [-0.2, 0) is 5.88 Å². The van der Waals surface area contributed by atoms with Crippen molar-refractivity contribution in [2.24, 2.45) is 0 Å². The summed E-state index contributed by atoms with van der Waals surface area (Å²) in [5, 5.41) is 0.0828. The summed E-state index contributed by atoms with van der Waals surface area (Å²) in [6.45, 7) is 1.96. The molecule has 11 heavy (non-hydrogen) atoms. The first-order chi connectivity index (χ1) is 5.24. The minimum Gasteiger partial charge on any atom is -0.122 e. The molecule has 0 N–H and O–H groups in total. The van der Waals surface area contributed by atoms with Gasteiger partial charge in [-0.15, -0.1) is 23.2 Å². The van der Waals surface area contributed by atoms with Crippen molar-refractivity contribution in [3.8, 4) is 0 Å². The first-order valence-corrected chi connectivity index (χ1v) is 4.50. The topological polar surface area (TPSA) is 0 Å². The second-order valence-electron chi connectivity index (χ2n) is 2.49. The maximum Gasteiger partial charge on any atom is 0.0557 e. The summed E-state index contributed by atoms with van der Waals surface area (Å²) < 4.78 is 0. The SMILES string of the molecule is CC(Cl)c1ccc(CCl)cc1. The molecule has 1 aromatic carbocycles. The van der Waals surface area contributed by atoms with E-state index in [0.29, 0.717) is 5.88 Å². The van der Waals surface area contributed by atoms with E-state index in [0.717, 1.165) is 11.1 Å². The van der Waals surface area contributed by atoms with Gasteiger partial charge in [-0.05, 0) is 18.1 Å². The molecule has 1 unspecified atom stereocenters. The summed E-state index contributed by atoms with van der Waals surface area (Å²) in [5.74, 6) is 0.566. The molecule has 0 aromatic heterocycles. The van der Waals surface area contributed by atoms with Crippen LogP contribution in [0.1, 0.15) is 23.4 Å². The Hall–Kier alpha value is -0.200. The second-order valence-corrected chi connectivity index (χ2v) is 3.41. The van der Waals surface area contributed by atoms with Crippen LogP contribution in [-0.4, -0.2) is 0 Å². The van der Waals surface area contributed by atoms with Gasteiger partial charge in [-0.2, -0.15) is 0 Å². The number of halogens is 2. The zero-order valence-corrected chi connectivity index (χ0v) is 7.86. The third-order valence-corrected chi connectivity index (χ3v) is 2.15. The fourth-order valence-corrected chi connectivity index (χ4v) is 1.20. The molecule has 1 aromatic rings. The van der Waals surface area contributed by atoms with Crippen molar-refractivity contribution >= 4 is 23.2 Å². The average Bonchev–Trinajstić information content (AvgIpc) is 2.05. The van der Waals surface area contributed by atoms with Crippen LogP contribution in [0, 0.1) is 0 Å². The van der Waals surface area contributed by atoms with E-state index in [1.54, 1.807) is 0 Å². The van der Waals surface area contributed by atoms with E-state index in [9.17, 15) is 0 Å². The van der Waals surface area contributed by atoms with Gasteiger partial charge in [0.25, 0.3) is 0 Å². The molecule has 0 fully saturated rings. The second kappa shape index (κ2) is 3.99. The van der Waals surface area contributed by atoms with Crippen LogP contribution < -0.4 is 0 Å². The quantitative estimate of drug-likeness (QED) is 0.622. The van der Waals surface area contributed by atoms with Gasteiger partial charge in [0.1, 0.15) is 0 Å². The van der Waals surface area contributed by atoms with Crippen molar-refractivity contribution in [3.63, 3.8) is 0 Å². The molecule has 1 atom stereocenters. The summed E-state index contributed by atoms with van der Waals surface area (Å²) in [6.07, 6.45) is 0.